The highest BCUT2D eigenvalue weighted by molar-refractivity contribution is 7.98. The zero-order valence-corrected chi connectivity index (χ0v) is 20.8. The van der Waals surface area contributed by atoms with E-state index in [-0.39, 0.29) is 12.1 Å². The molecule has 2 aliphatic carbocycles. The Labute approximate surface area is 204 Å². The number of urea groups is 1. The minimum Gasteiger partial charge on any atom is -0.335 e. The van der Waals surface area contributed by atoms with E-state index in [1.54, 1.807) is 11.8 Å². The van der Waals surface area contributed by atoms with Crippen LogP contribution in [-0.2, 0) is 19.4 Å². The van der Waals surface area contributed by atoms with Crippen LogP contribution < -0.4 is 5.32 Å². The first-order valence-corrected chi connectivity index (χ1v) is 14.3. The molecule has 1 saturated carbocycles. The van der Waals surface area contributed by atoms with E-state index in [1.807, 2.05) is 11.3 Å². The van der Waals surface area contributed by atoms with Crippen molar-refractivity contribution in [1.82, 2.24) is 14.8 Å². The van der Waals surface area contributed by atoms with Crippen LogP contribution in [0.15, 0.2) is 47.5 Å². The van der Waals surface area contributed by atoms with Crippen molar-refractivity contribution in [2.75, 3.05) is 6.26 Å². The topological polar surface area (TPSA) is 37.3 Å². The number of hydrogen-bond acceptors (Lipinski definition) is 3. The largest absolute Gasteiger partial charge is 0.335 e. The standard InChI is InChI=1S/C27H31N3OS2/c1-32-20-14-12-18(13-15-20)25-23-10-6-16-29(23)26-22(21-9-4-5-11-24(21)33-26)17-30(25)27(31)28-19-7-2-3-8-19/h6,10,12-16,19,25H,2-5,7-9,11,17H2,1H3,(H,28,31)/t25-/m0/s1. The summed E-state index contributed by atoms with van der Waals surface area (Å²) in [7, 11) is 0. The van der Waals surface area contributed by atoms with Crippen LogP contribution in [0.3, 0.4) is 0 Å². The molecule has 6 rings (SSSR count). The molecule has 1 atom stereocenters. The SMILES string of the molecule is CSc1ccc([C@H]2c3cccn3-c3sc4c(c3CN2C(=O)NC2CCCC2)CCCC4)cc1. The number of benzene rings is 1. The van der Waals surface area contributed by atoms with Crippen molar-refractivity contribution in [1.29, 1.82) is 0 Å². The van der Waals surface area contributed by atoms with Crippen LogP contribution in [0.4, 0.5) is 4.79 Å². The molecule has 0 bridgehead atoms. The molecule has 3 aromatic rings. The number of fused-ring (bicyclic) bond motifs is 5. The number of thiophene rings is 1. The van der Waals surface area contributed by atoms with Gasteiger partial charge in [-0.2, -0.15) is 0 Å². The highest BCUT2D eigenvalue weighted by Crippen LogP contribution is 2.44. The first kappa shape index (κ1) is 21.4. The second kappa shape index (κ2) is 8.88. The van der Waals surface area contributed by atoms with Crippen LogP contribution in [0.5, 0.6) is 0 Å². The number of aromatic nitrogens is 1. The van der Waals surface area contributed by atoms with E-state index in [9.17, 15) is 4.79 Å². The third kappa shape index (κ3) is 3.81. The summed E-state index contributed by atoms with van der Waals surface area (Å²) in [5.74, 6) is 0. The number of thioether (sulfide) groups is 1. The molecule has 0 radical (unpaired) electrons. The molecule has 3 heterocycles. The van der Waals surface area contributed by atoms with Gasteiger partial charge in [-0.05, 0) is 80.2 Å². The summed E-state index contributed by atoms with van der Waals surface area (Å²) in [6.45, 7) is 0.677. The predicted octanol–water partition coefficient (Wildman–Crippen LogP) is 6.70. The third-order valence-corrected chi connectivity index (χ3v) is 9.63. The molecule has 1 aromatic carbocycles. The summed E-state index contributed by atoms with van der Waals surface area (Å²) in [4.78, 5) is 18.7. The summed E-state index contributed by atoms with van der Waals surface area (Å²) >= 11 is 3.70. The van der Waals surface area contributed by atoms with Gasteiger partial charge < -0.3 is 14.8 Å². The van der Waals surface area contributed by atoms with Gasteiger partial charge in [-0.3, -0.25) is 0 Å². The molecule has 33 heavy (non-hydrogen) atoms. The Balaban J connectivity index is 1.47. The molecule has 2 aromatic heterocycles. The number of rotatable bonds is 3. The molecule has 6 heteroatoms. The van der Waals surface area contributed by atoms with Crippen molar-refractivity contribution in [3.05, 3.63) is 69.9 Å². The molecule has 1 fully saturated rings. The fourth-order valence-electron chi connectivity index (χ4n) is 5.85. The Hall–Kier alpha value is -2.18. The van der Waals surface area contributed by atoms with E-state index >= 15 is 0 Å². The van der Waals surface area contributed by atoms with E-state index in [1.165, 1.54) is 69.3 Å². The zero-order chi connectivity index (χ0) is 22.4. The maximum absolute atomic E-state index is 13.8. The van der Waals surface area contributed by atoms with Crippen LogP contribution in [-0.4, -0.2) is 27.8 Å². The number of amides is 2. The molecular weight excluding hydrogens is 446 g/mol. The Kier molecular flexibility index (Phi) is 5.75. The van der Waals surface area contributed by atoms with Crippen LogP contribution in [0.2, 0.25) is 0 Å². The van der Waals surface area contributed by atoms with E-state index in [0.717, 1.165) is 19.3 Å². The van der Waals surface area contributed by atoms with Crippen molar-refractivity contribution in [3.8, 4) is 5.00 Å². The number of hydrogen-bond donors (Lipinski definition) is 1. The van der Waals surface area contributed by atoms with Gasteiger partial charge in [-0.25, -0.2) is 4.79 Å². The Morgan fingerprint density at radius 1 is 1.03 bits per heavy atom. The highest BCUT2D eigenvalue weighted by atomic mass is 32.2. The summed E-state index contributed by atoms with van der Waals surface area (Å²) in [5.41, 5.74) is 5.25. The van der Waals surface area contributed by atoms with Crippen LogP contribution >= 0.6 is 23.1 Å². The first-order valence-electron chi connectivity index (χ1n) is 12.2. The molecule has 3 aliphatic rings. The molecule has 0 spiro atoms. The summed E-state index contributed by atoms with van der Waals surface area (Å²) in [6, 6.07) is 13.4. The average molecular weight is 478 g/mol. The molecule has 0 unspecified atom stereocenters. The van der Waals surface area contributed by atoms with E-state index in [4.69, 9.17) is 0 Å². The maximum Gasteiger partial charge on any atom is 0.318 e. The van der Waals surface area contributed by atoms with Crippen LogP contribution in [0, 0.1) is 0 Å². The molecule has 0 saturated heterocycles. The average Bonchev–Trinajstić information content (AvgIpc) is 3.58. The third-order valence-electron chi connectivity index (χ3n) is 7.55. The second-order valence-corrected chi connectivity index (χ2v) is 11.5. The molecule has 172 valence electrons. The lowest BCUT2D eigenvalue weighted by molar-refractivity contribution is 0.176. The Morgan fingerprint density at radius 2 is 1.82 bits per heavy atom. The van der Waals surface area contributed by atoms with Crippen LogP contribution in [0.25, 0.3) is 5.00 Å². The minimum absolute atomic E-state index is 0.0807. The summed E-state index contributed by atoms with van der Waals surface area (Å²) < 4.78 is 2.37. The summed E-state index contributed by atoms with van der Waals surface area (Å²) in [6.07, 6.45) is 13.8. The van der Waals surface area contributed by atoms with Gasteiger partial charge in [0.15, 0.2) is 0 Å². The van der Waals surface area contributed by atoms with E-state index in [2.05, 4.69) is 63.6 Å². The van der Waals surface area contributed by atoms with E-state index in [0.29, 0.717) is 12.6 Å². The van der Waals surface area contributed by atoms with Crippen molar-refractivity contribution < 1.29 is 4.79 Å². The van der Waals surface area contributed by atoms with Crippen LogP contribution in [0.1, 0.15) is 71.8 Å². The zero-order valence-electron chi connectivity index (χ0n) is 19.2. The van der Waals surface area contributed by atoms with Gasteiger partial charge in [-0.15, -0.1) is 23.1 Å². The smallest absolute Gasteiger partial charge is 0.318 e. The van der Waals surface area contributed by atoms with Gasteiger partial charge in [0, 0.05) is 27.6 Å². The van der Waals surface area contributed by atoms with E-state index < -0.39 is 0 Å². The fourth-order valence-corrected chi connectivity index (χ4v) is 7.66. The van der Waals surface area contributed by atoms with Gasteiger partial charge >= 0.3 is 6.03 Å². The molecule has 1 N–H and O–H groups in total. The number of carbonyl (C=O) groups excluding carboxylic acids is 1. The van der Waals surface area contributed by atoms with Crippen molar-refractivity contribution in [2.45, 2.75) is 74.9 Å². The molecule has 1 aliphatic heterocycles. The van der Waals surface area contributed by atoms with Gasteiger partial charge in [-0.1, -0.05) is 25.0 Å². The number of aryl methyl sites for hydroxylation is 1. The number of nitrogens with zero attached hydrogens (tertiary/aromatic N) is 2. The number of carbonyl (C=O) groups is 1. The predicted molar refractivity (Wildman–Crippen MR) is 137 cm³/mol. The molecular formula is C27H31N3OS2. The number of nitrogens with one attached hydrogen (secondary N) is 1. The van der Waals surface area contributed by atoms with Gasteiger partial charge in [0.25, 0.3) is 0 Å². The van der Waals surface area contributed by atoms with Crippen molar-refractivity contribution in [3.63, 3.8) is 0 Å². The quantitative estimate of drug-likeness (QED) is 0.426. The molecule has 4 nitrogen and oxygen atoms in total. The van der Waals surface area contributed by atoms with Gasteiger partial charge in [0.1, 0.15) is 5.00 Å². The first-order chi connectivity index (χ1) is 16.2. The minimum atomic E-state index is -0.101. The Bertz CT molecular complexity index is 1160. The van der Waals surface area contributed by atoms with Crippen molar-refractivity contribution >= 4 is 29.1 Å². The summed E-state index contributed by atoms with van der Waals surface area (Å²) in [5, 5.41) is 4.72. The maximum atomic E-state index is 13.8. The highest BCUT2D eigenvalue weighted by Gasteiger charge is 2.36. The van der Waals surface area contributed by atoms with Crippen molar-refractivity contribution in [2.24, 2.45) is 0 Å². The lowest BCUT2D eigenvalue weighted by atomic mass is 9.95. The van der Waals surface area contributed by atoms with Gasteiger partial charge in [0.05, 0.1) is 18.3 Å². The fraction of sp³-hybridized carbons (Fsp3) is 0.444. The lowest BCUT2D eigenvalue weighted by Gasteiger charge is -2.32. The molecule has 2 amide bonds. The lowest BCUT2D eigenvalue weighted by Crippen LogP contribution is -2.45. The second-order valence-electron chi connectivity index (χ2n) is 9.53. The van der Waals surface area contributed by atoms with Gasteiger partial charge in [0.2, 0.25) is 0 Å². The monoisotopic (exact) mass is 477 g/mol. The Morgan fingerprint density at radius 3 is 2.61 bits per heavy atom. The normalized spacial score (nSPS) is 20.2.